The highest BCUT2D eigenvalue weighted by Gasteiger charge is 2.64. The first-order chi connectivity index (χ1) is 15.6. The highest BCUT2D eigenvalue weighted by Crippen LogP contribution is 2.36. The third-order valence-electron chi connectivity index (χ3n) is 4.73. The van der Waals surface area contributed by atoms with Crippen LogP contribution >= 0.6 is 11.3 Å². The molecule has 1 aromatic heterocycles. The van der Waals surface area contributed by atoms with E-state index in [0.717, 1.165) is 24.0 Å². The zero-order chi connectivity index (χ0) is 24.2. The molecular formula is C22H22F3N3O4S. The van der Waals surface area contributed by atoms with Crippen molar-refractivity contribution >= 4 is 38.6 Å². The van der Waals surface area contributed by atoms with Crippen molar-refractivity contribution in [3.05, 3.63) is 54.1 Å². The van der Waals surface area contributed by atoms with Gasteiger partial charge in [0.25, 0.3) is 5.91 Å². The van der Waals surface area contributed by atoms with E-state index in [0.29, 0.717) is 10.2 Å². The third-order valence-corrected chi connectivity index (χ3v) is 5.66. The topological polar surface area (TPSA) is 89.5 Å². The number of alkyl halides is 3. The summed E-state index contributed by atoms with van der Waals surface area (Å²) in [5, 5.41) is 3.57. The van der Waals surface area contributed by atoms with Gasteiger partial charge in [0.2, 0.25) is 0 Å². The molecule has 0 aliphatic heterocycles. The van der Waals surface area contributed by atoms with Crippen molar-refractivity contribution in [2.75, 3.05) is 19.0 Å². The number of hydrogen-bond donors (Lipinski definition) is 2. The maximum Gasteiger partial charge on any atom is 0.442 e. The Hall–Kier alpha value is -3.34. The maximum atomic E-state index is 14.2. The Morgan fingerprint density at radius 2 is 1.82 bits per heavy atom. The molecule has 176 valence electrons. The molecule has 3 rings (SSSR count). The number of esters is 1. The number of methoxy groups -OCH3 is 1. The Balaban J connectivity index is 1.91. The van der Waals surface area contributed by atoms with Crippen LogP contribution in [-0.2, 0) is 14.3 Å². The van der Waals surface area contributed by atoms with E-state index in [1.807, 2.05) is 26.0 Å². The second-order valence-corrected chi connectivity index (χ2v) is 8.45. The van der Waals surface area contributed by atoms with Crippen molar-refractivity contribution in [3.8, 4) is 5.75 Å². The first-order valence-electron chi connectivity index (χ1n) is 9.88. The lowest BCUT2D eigenvalue weighted by Gasteiger charge is -2.33. The summed E-state index contributed by atoms with van der Waals surface area (Å²) in [4.78, 5) is 28.9. The number of carbonyl (C=O) groups is 2. The van der Waals surface area contributed by atoms with Crippen LogP contribution in [0.4, 0.5) is 18.3 Å². The van der Waals surface area contributed by atoms with Crippen molar-refractivity contribution in [3.63, 3.8) is 0 Å². The molecule has 33 heavy (non-hydrogen) atoms. The summed E-state index contributed by atoms with van der Waals surface area (Å²) in [6.45, 7) is 3.22. The van der Waals surface area contributed by atoms with Crippen LogP contribution in [0, 0.1) is 0 Å². The Bertz CT molecular complexity index is 1130. The number of thiazole rings is 1. The van der Waals surface area contributed by atoms with Gasteiger partial charge in [0.15, 0.2) is 11.7 Å². The van der Waals surface area contributed by atoms with Crippen LogP contribution in [0.25, 0.3) is 10.2 Å². The van der Waals surface area contributed by atoms with Gasteiger partial charge in [-0.05, 0) is 35.7 Å². The largest absolute Gasteiger partial charge is 0.484 e. The van der Waals surface area contributed by atoms with Crippen molar-refractivity contribution in [2.24, 2.45) is 0 Å². The standard InChI is InChI=1S/C22H22F3N3O4S/c1-13(2)14-9-10-16-17(11-14)33-20(26-16)28-21(19(30)31-3,22(23,24)25)27-18(29)12-32-15-7-5-4-6-8-15/h4-11,13H,12H2,1-3H3,(H,26,28)(H,27,29)/t21-/m0/s1. The number of ether oxygens (including phenoxy) is 2. The number of halogens is 3. The SMILES string of the molecule is COC(=O)[C@](NC(=O)COc1ccccc1)(Nc1nc2ccc(C(C)C)cc2s1)C(F)(F)F. The zero-order valence-electron chi connectivity index (χ0n) is 18.0. The minimum atomic E-state index is -5.26. The summed E-state index contributed by atoms with van der Waals surface area (Å²) < 4.78 is 52.8. The predicted octanol–water partition coefficient (Wildman–Crippen LogP) is 4.46. The number of benzene rings is 2. The van der Waals surface area contributed by atoms with Gasteiger partial charge in [-0.25, -0.2) is 9.78 Å². The maximum absolute atomic E-state index is 14.2. The predicted molar refractivity (Wildman–Crippen MR) is 118 cm³/mol. The molecule has 0 fully saturated rings. The minimum Gasteiger partial charge on any atom is -0.484 e. The first kappa shape index (κ1) is 24.3. The van der Waals surface area contributed by atoms with Crippen LogP contribution in [0.3, 0.4) is 0 Å². The number of aromatic nitrogens is 1. The molecular weight excluding hydrogens is 459 g/mol. The van der Waals surface area contributed by atoms with Gasteiger partial charge in [-0.15, -0.1) is 0 Å². The highest BCUT2D eigenvalue weighted by atomic mass is 32.1. The monoisotopic (exact) mass is 481 g/mol. The molecule has 0 radical (unpaired) electrons. The van der Waals surface area contributed by atoms with E-state index < -0.39 is 30.3 Å². The minimum absolute atomic E-state index is 0.209. The van der Waals surface area contributed by atoms with Gasteiger partial charge in [0, 0.05) is 0 Å². The van der Waals surface area contributed by atoms with Crippen LogP contribution in [0.5, 0.6) is 5.75 Å². The van der Waals surface area contributed by atoms with Gasteiger partial charge in [-0.1, -0.05) is 49.4 Å². The smallest absolute Gasteiger partial charge is 0.442 e. The molecule has 0 aliphatic carbocycles. The molecule has 0 bridgehead atoms. The summed E-state index contributed by atoms with van der Waals surface area (Å²) >= 11 is 0.924. The summed E-state index contributed by atoms with van der Waals surface area (Å²) in [5.41, 5.74) is -2.13. The number of fused-ring (bicyclic) bond motifs is 1. The Labute approximate surface area is 191 Å². The second-order valence-electron chi connectivity index (χ2n) is 7.42. The van der Waals surface area contributed by atoms with E-state index in [1.165, 1.54) is 12.1 Å². The molecule has 3 aromatic rings. The van der Waals surface area contributed by atoms with Crippen molar-refractivity contribution in [2.45, 2.75) is 31.6 Å². The lowest BCUT2D eigenvalue weighted by atomic mass is 10.0. The Kier molecular flexibility index (Phi) is 7.11. The van der Waals surface area contributed by atoms with Crippen LogP contribution in [0.2, 0.25) is 0 Å². The van der Waals surface area contributed by atoms with E-state index in [4.69, 9.17) is 4.74 Å². The number of amides is 1. The van der Waals surface area contributed by atoms with Gasteiger partial charge in [-0.3, -0.25) is 4.79 Å². The molecule has 11 heteroatoms. The van der Waals surface area contributed by atoms with E-state index in [2.05, 4.69) is 15.0 Å². The normalized spacial score (nSPS) is 13.4. The van der Waals surface area contributed by atoms with Gasteiger partial charge < -0.3 is 20.1 Å². The lowest BCUT2D eigenvalue weighted by molar-refractivity contribution is -0.206. The number of rotatable bonds is 8. The molecule has 0 unspecified atom stereocenters. The highest BCUT2D eigenvalue weighted by molar-refractivity contribution is 7.22. The molecule has 1 amide bonds. The van der Waals surface area contributed by atoms with Crippen LogP contribution in [0.15, 0.2) is 48.5 Å². The third kappa shape index (κ3) is 5.36. The average Bonchev–Trinajstić information content (AvgIpc) is 3.17. The van der Waals surface area contributed by atoms with E-state index in [1.54, 1.807) is 29.6 Å². The Morgan fingerprint density at radius 1 is 1.12 bits per heavy atom. The average molecular weight is 481 g/mol. The van der Waals surface area contributed by atoms with Crippen LogP contribution in [-0.4, -0.2) is 42.4 Å². The summed E-state index contributed by atoms with van der Waals surface area (Å²) in [6, 6.07) is 13.4. The fraction of sp³-hybridized carbons (Fsp3) is 0.318. The lowest BCUT2D eigenvalue weighted by Crippen LogP contribution is -2.69. The number of para-hydroxylation sites is 1. The molecule has 7 nitrogen and oxygen atoms in total. The van der Waals surface area contributed by atoms with Crippen LogP contribution < -0.4 is 15.4 Å². The molecule has 2 aromatic carbocycles. The molecule has 2 N–H and O–H groups in total. The number of carbonyl (C=O) groups excluding carboxylic acids is 2. The molecule has 0 aliphatic rings. The van der Waals surface area contributed by atoms with E-state index >= 15 is 0 Å². The fourth-order valence-corrected chi connectivity index (χ4v) is 3.94. The van der Waals surface area contributed by atoms with Crippen molar-refractivity contribution in [1.29, 1.82) is 0 Å². The number of nitrogens with zero attached hydrogens (tertiary/aromatic N) is 1. The summed E-state index contributed by atoms with van der Waals surface area (Å²) in [6.07, 6.45) is -5.26. The quantitative estimate of drug-likeness (QED) is 0.365. The van der Waals surface area contributed by atoms with E-state index in [9.17, 15) is 22.8 Å². The molecule has 0 spiro atoms. The number of hydrogen-bond acceptors (Lipinski definition) is 7. The zero-order valence-corrected chi connectivity index (χ0v) is 18.8. The molecule has 1 atom stereocenters. The Morgan fingerprint density at radius 3 is 2.42 bits per heavy atom. The van der Waals surface area contributed by atoms with Gasteiger partial charge in [0.05, 0.1) is 17.3 Å². The van der Waals surface area contributed by atoms with Crippen LogP contribution in [0.1, 0.15) is 25.3 Å². The van der Waals surface area contributed by atoms with E-state index in [-0.39, 0.29) is 16.8 Å². The fourth-order valence-electron chi connectivity index (χ4n) is 2.97. The van der Waals surface area contributed by atoms with Crippen molar-refractivity contribution in [1.82, 2.24) is 10.3 Å². The number of nitrogens with one attached hydrogen (secondary N) is 2. The molecule has 0 saturated heterocycles. The van der Waals surface area contributed by atoms with Crippen molar-refractivity contribution < 1.29 is 32.2 Å². The number of anilines is 1. The first-order valence-corrected chi connectivity index (χ1v) is 10.7. The summed E-state index contributed by atoms with van der Waals surface area (Å²) in [7, 11) is 0.796. The van der Waals surface area contributed by atoms with Gasteiger partial charge in [-0.2, -0.15) is 13.2 Å². The second kappa shape index (κ2) is 9.65. The summed E-state index contributed by atoms with van der Waals surface area (Å²) in [5.74, 6) is -2.44. The molecule has 1 heterocycles. The molecule has 0 saturated carbocycles. The van der Waals surface area contributed by atoms with Gasteiger partial charge >= 0.3 is 17.8 Å². The van der Waals surface area contributed by atoms with Gasteiger partial charge in [0.1, 0.15) is 5.75 Å².